The van der Waals surface area contributed by atoms with Crippen LogP contribution in [0.2, 0.25) is 0 Å². The molecule has 3 aromatic rings. The lowest BCUT2D eigenvalue weighted by atomic mass is 9.65. The van der Waals surface area contributed by atoms with E-state index in [4.69, 9.17) is 4.52 Å². The number of fused-ring (bicyclic) bond motifs is 3. The molecule has 0 aliphatic heterocycles. The predicted molar refractivity (Wildman–Crippen MR) is 104 cm³/mol. The lowest BCUT2D eigenvalue weighted by Crippen LogP contribution is -2.50. The minimum absolute atomic E-state index is 0.0951. The Morgan fingerprint density at radius 1 is 1.21 bits per heavy atom. The molecule has 0 spiro atoms. The number of amides is 1. The molecule has 29 heavy (non-hydrogen) atoms. The number of aliphatic hydroxyl groups excluding tert-OH is 1. The summed E-state index contributed by atoms with van der Waals surface area (Å²) >= 11 is 0. The van der Waals surface area contributed by atoms with E-state index in [2.05, 4.69) is 20.8 Å². The second-order valence-corrected chi connectivity index (χ2v) is 8.01. The SMILES string of the molecule is O=C(NC1CC2CCC1CC2n1cc(CO)nn1)c1cc(-c2ccccc2)on1. The number of carbonyl (C=O) groups excluding carboxylic acids is 1. The fourth-order valence-electron chi connectivity index (χ4n) is 4.81. The summed E-state index contributed by atoms with van der Waals surface area (Å²) in [6.07, 6.45) is 5.93. The summed E-state index contributed by atoms with van der Waals surface area (Å²) in [6, 6.07) is 11.7. The molecule has 1 aromatic carbocycles. The normalized spacial score (nSPS) is 25.8. The Morgan fingerprint density at radius 2 is 2.03 bits per heavy atom. The first-order valence-electron chi connectivity index (χ1n) is 10.1. The first-order chi connectivity index (χ1) is 14.2. The standard InChI is InChI=1S/C21H23N5O3/c27-12-16-11-26(25-23-16)19-9-14-6-7-15(19)8-17(14)22-21(28)18-10-20(29-24-18)13-4-2-1-3-5-13/h1-5,10-11,14-15,17,19,27H,6-9,12H2,(H,22,28). The van der Waals surface area contributed by atoms with Gasteiger partial charge < -0.3 is 14.9 Å². The number of benzene rings is 1. The molecule has 3 aliphatic carbocycles. The van der Waals surface area contributed by atoms with E-state index in [-0.39, 0.29) is 24.6 Å². The van der Waals surface area contributed by atoms with Gasteiger partial charge in [-0.3, -0.25) is 4.79 Å². The number of nitrogens with zero attached hydrogens (tertiary/aromatic N) is 4. The first-order valence-corrected chi connectivity index (χ1v) is 10.1. The molecule has 0 saturated heterocycles. The van der Waals surface area contributed by atoms with Crippen molar-refractivity contribution in [1.29, 1.82) is 0 Å². The quantitative estimate of drug-likeness (QED) is 0.690. The van der Waals surface area contributed by atoms with Crippen molar-refractivity contribution in [3.8, 4) is 11.3 Å². The Balaban J connectivity index is 1.25. The van der Waals surface area contributed by atoms with Crippen LogP contribution in [0.15, 0.2) is 47.1 Å². The second kappa shape index (κ2) is 7.44. The van der Waals surface area contributed by atoms with Crippen molar-refractivity contribution in [1.82, 2.24) is 25.5 Å². The molecule has 2 N–H and O–H groups in total. The molecule has 2 bridgehead atoms. The lowest BCUT2D eigenvalue weighted by molar-refractivity contribution is 0.0539. The van der Waals surface area contributed by atoms with Gasteiger partial charge in [-0.15, -0.1) is 5.10 Å². The molecule has 2 heterocycles. The molecule has 4 atom stereocenters. The average Bonchev–Trinajstić information content (AvgIpc) is 3.45. The number of aliphatic hydroxyl groups is 1. The van der Waals surface area contributed by atoms with Crippen LogP contribution in [0, 0.1) is 11.8 Å². The molecule has 3 saturated carbocycles. The largest absolute Gasteiger partial charge is 0.390 e. The lowest BCUT2D eigenvalue weighted by Gasteiger charge is -2.47. The third-order valence-electron chi connectivity index (χ3n) is 6.30. The number of hydrogen-bond donors (Lipinski definition) is 2. The smallest absolute Gasteiger partial charge is 0.273 e. The van der Waals surface area contributed by atoms with Crippen molar-refractivity contribution in [2.75, 3.05) is 0 Å². The zero-order valence-corrected chi connectivity index (χ0v) is 15.9. The Labute approximate surface area is 167 Å². The van der Waals surface area contributed by atoms with Crippen LogP contribution in [0.5, 0.6) is 0 Å². The van der Waals surface area contributed by atoms with Gasteiger partial charge in [0.2, 0.25) is 0 Å². The monoisotopic (exact) mass is 393 g/mol. The van der Waals surface area contributed by atoms with Gasteiger partial charge in [0, 0.05) is 17.7 Å². The van der Waals surface area contributed by atoms with E-state index < -0.39 is 0 Å². The van der Waals surface area contributed by atoms with Crippen molar-refractivity contribution in [2.45, 2.75) is 44.4 Å². The molecular weight excluding hydrogens is 370 g/mol. The number of carbonyl (C=O) groups is 1. The number of rotatable bonds is 5. The van der Waals surface area contributed by atoms with Crippen LogP contribution < -0.4 is 5.32 Å². The molecule has 8 nitrogen and oxygen atoms in total. The van der Waals surface area contributed by atoms with Crippen molar-refractivity contribution < 1.29 is 14.4 Å². The Hall–Kier alpha value is -3.00. The van der Waals surface area contributed by atoms with Crippen LogP contribution >= 0.6 is 0 Å². The minimum atomic E-state index is -0.187. The van der Waals surface area contributed by atoms with Gasteiger partial charge in [-0.2, -0.15) is 0 Å². The number of hydrogen-bond acceptors (Lipinski definition) is 6. The summed E-state index contributed by atoms with van der Waals surface area (Å²) in [4.78, 5) is 12.7. The highest BCUT2D eigenvalue weighted by Gasteiger charge is 2.43. The second-order valence-electron chi connectivity index (χ2n) is 8.01. The zero-order valence-electron chi connectivity index (χ0n) is 15.9. The van der Waals surface area contributed by atoms with Crippen molar-refractivity contribution in [3.63, 3.8) is 0 Å². The van der Waals surface area contributed by atoms with E-state index in [0.29, 0.717) is 29.0 Å². The maximum absolute atomic E-state index is 12.7. The number of aromatic nitrogens is 4. The van der Waals surface area contributed by atoms with E-state index in [1.807, 2.05) is 41.2 Å². The maximum Gasteiger partial charge on any atom is 0.273 e. The fraction of sp³-hybridized carbons (Fsp3) is 0.429. The van der Waals surface area contributed by atoms with Crippen molar-refractivity contribution in [3.05, 3.63) is 54.0 Å². The third kappa shape index (κ3) is 3.44. The summed E-state index contributed by atoms with van der Waals surface area (Å²) in [5.74, 6) is 1.24. The van der Waals surface area contributed by atoms with Crippen molar-refractivity contribution in [2.24, 2.45) is 11.8 Å². The van der Waals surface area contributed by atoms with E-state index in [1.54, 1.807) is 6.07 Å². The summed E-state index contributed by atoms with van der Waals surface area (Å²) in [5.41, 5.74) is 1.80. The highest BCUT2D eigenvalue weighted by Crippen LogP contribution is 2.47. The van der Waals surface area contributed by atoms with Crippen LogP contribution in [0.4, 0.5) is 0 Å². The molecule has 3 fully saturated rings. The predicted octanol–water partition coefficient (Wildman–Crippen LogP) is 2.59. The zero-order chi connectivity index (χ0) is 19.8. The molecule has 2 aromatic heterocycles. The van der Waals surface area contributed by atoms with Crippen LogP contribution in [0.3, 0.4) is 0 Å². The molecule has 0 radical (unpaired) electrons. The highest BCUT2D eigenvalue weighted by molar-refractivity contribution is 5.93. The van der Waals surface area contributed by atoms with Gasteiger partial charge in [0.15, 0.2) is 11.5 Å². The van der Waals surface area contributed by atoms with Crippen LogP contribution in [0.25, 0.3) is 11.3 Å². The van der Waals surface area contributed by atoms with E-state index in [1.165, 1.54) is 0 Å². The van der Waals surface area contributed by atoms with Gasteiger partial charge in [-0.1, -0.05) is 40.7 Å². The minimum Gasteiger partial charge on any atom is -0.390 e. The maximum atomic E-state index is 12.7. The average molecular weight is 393 g/mol. The van der Waals surface area contributed by atoms with E-state index in [9.17, 15) is 9.90 Å². The van der Waals surface area contributed by atoms with Crippen LogP contribution in [-0.4, -0.2) is 37.2 Å². The van der Waals surface area contributed by atoms with Gasteiger partial charge in [0.25, 0.3) is 5.91 Å². The molecular formula is C21H23N5O3. The first kappa shape index (κ1) is 18.1. The van der Waals surface area contributed by atoms with Crippen molar-refractivity contribution >= 4 is 5.91 Å². The molecule has 1 amide bonds. The van der Waals surface area contributed by atoms with Crippen LogP contribution in [0.1, 0.15) is 47.9 Å². The highest BCUT2D eigenvalue weighted by atomic mass is 16.5. The van der Waals surface area contributed by atoms with E-state index >= 15 is 0 Å². The Kier molecular flexibility index (Phi) is 4.63. The van der Waals surface area contributed by atoms with Gasteiger partial charge in [-0.05, 0) is 37.5 Å². The van der Waals surface area contributed by atoms with Gasteiger partial charge in [0.05, 0.1) is 18.8 Å². The Bertz CT molecular complexity index is 999. The van der Waals surface area contributed by atoms with Gasteiger partial charge in [-0.25, -0.2) is 4.68 Å². The molecule has 6 rings (SSSR count). The van der Waals surface area contributed by atoms with Gasteiger partial charge >= 0.3 is 0 Å². The number of nitrogens with one attached hydrogen (secondary N) is 1. The topological polar surface area (TPSA) is 106 Å². The fourth-order valence-corrected chi connectivity index (χ4v) is 4.81. The summed E-state index contributed by atoms with van der Waals surface area (Å²) in [5, 5.41) is 24.6. The molecule has 8 heteroatoms. The summed E-state index contributed by atoms with van der Waals surface area (Å²) in [7, 11) is 0. The Morgan fingerprint density at radius 3 is 2.76 bits per heavy atom. The summed E-state index contributed by atoms with van der Waals surface area (Å²) < 4.78 is 7.25. The van der Waals surface area contributed by atoms with E-state index in [0.717, 1.165) is 31.2 Å². The third-order valence-corrected chi connectivity index (χ3v) is 6.30. The molecule has 150 valence electrons. The van der Waals surface area contributed by atoms with Crippen LogP contribution in [-0.2, 0) is 6.61 Å². The molecule has 3 aliphatic rings. The van der Waals surface area contributed by atoms with Gasteiger partial charge in [0.1, 0.15) is 5.69 Å². The molecule has 4 unspecified atom stereocenters. The summed E-state index contributed by atoms with van der Waals surface area (Å²) in [6.45, 7) is -0.0951.